The molecule has 1 fully saturated rings. The maximum absolute atomic E-state index is 16.1. The number of ether oxygens (including phenoxy) is 2. The van der Waals surface area contributed by atoms with E-state index in [1.807, 2.05) is 55.5 Å². The van der Waals surface area contributed by atoms with E-state index in [1.54, 1.807) is 22.9 Å². The SMILES string of the molecule is COC(=O)CCCCN1C(=O)[C@]2(O[C@H](CC(=O)N3Cc4ccccc4C[C@H]3CO)[C@@H]([Si](C)(C)F)[C@@H]2C)c2ccccc21. The van der Waals surface area contributed by atoms with Gasteiger partial charge in [0, 0.05) is 36.5 Å². The number of halogens is 1. The summed E-state index contributed by atoms with van der Waals surface area (Å²) in [5.41, 5.74) is 1.59. The first-order valence-corrected chi connectivity index (χ1v) is 17.8. The molecule has 5 rings (SSSR count). The molecule has 10 heteroatoms. The summed E-state index contributed by atoms with van der Waals surface area (Å²) in [4.78, 5) is 43.1. The summed E-state index contributed by atoms with van der Waals surface area (Å²) < 4.78 is 27.6. The van der Waals surface area contributed by atoms with Crippen LogP contribution >= 0.6 is 0 Å². The normalized spacial score (nSPS) is 26.9. The first kappa shape index (κ1) is 30.4. The van der Waals surface area contributed by atoms with Crippen LogP contribution < -0.4 is 4.90 Å². The molecule has 2 aromatic rings. The van der Waals surface area contributed by atoms with Crippen molar-refractivity contribution in [1.29, 1.82) is 0 Å². The van der Waals surface area contributed by atoms with Crippen LogP contribution in [0.5, 0.6) is 0 Å². The number of aliphatic hydroxyl groups excluding tert-OH is 1. The van der Waals surface area contributed by atoms with Gasteiger partial charge < -0.3 is 28.5 Å². The second-order valence-corrected chi connectivity index (χ2v) is 16.1. The van der Waals surface area contributed by atoms with Crippen molar-refractivity contribution in [3.8, 4) is 0 Å². The highest BCUT2D eigenvalue weighted by Crippen LogP contribution is 2.60. The summed E-state index contributed by atoms with van der Waals surface area (Å²) in [7, 11) is -2.08. The Morgan fingerprint density at radius 1 is 1.12 bits per heavy atom. The van der Waals surface area contributed by atoms with Crippen molar-refractivity contribution in [2.75, 3.05) is 25.2 Å². The van der Waals surface area contributed by atoms with Gasteiger partial charge >= 0.3 is 5.97 Å². The number of aliphatic hydroxyl groups is 1. The van der Waals surface area contributed by atoms with Crippen molar-refractivity contribution in [3.05, 3.63) is 65.2 Å². The average molecular weight is 597 g/mol. The molecule has 42 heavy (non-hydrogen) atoms. The monoisotopic (exact) mass is 596 g/mol. The third-order valence-electron chi connectivity index (χ3n) is 9.37. The van der Waals surface area contributed by atoms with Gasteiger partial charge in [0.15, 0.2) is 5.60 Å². The number of carbonyl (C=O) groups excluding carboxylic acids is 3. The molecule has 1 saturated heterocycles. The number of methoxy groups -OCH3 is 1. The molecule has 3 aliphatic rings. The number of amides is 2. The fourth-order valence-electron chi connectivity index (χ4n) is 7.40. The molecule has 226 valence electrons. The van der Waals surface area contributed by atoms with Crippen molar-refractivity contribution < 1.29 is 33.1 Å². The lowest BCUT2D eigenvalue weighted by atomic mass is 9.82. The predicted octanol–water partition coefficient (Wildman–Crippen LogP) is 4.49. The zero-order valence-electron chi connectivity index (χ0n) is 24.8. The molecule has 3 aliphatic heterocycles. The molecule has 0 unspecified atom stereocenters. The van der Waals surface area contributed by atoms with Gasteiger partial charge in [-0.1, -0.05) is 49.4 Å². The smallest absolute Gasteiger partial charge is 0.305 e. The van der Waals surface area contributed by atoms with Crippen LogP contribution in [-0.2, 0) is 42.4 Å². The Kier molecular flexibility index (Phi) is 8.60. The number of esters is 1. The zero-order chi connectivity index (χ0) is 30.2. The third kappa shape index (κ3) is 5.29. The van der Waals surface area contributed by atoms with E-state index < -0.39 is 31.6 Å². The highest BCUT2D eigenvalue weighted by Gasteiger charge is 2.66. The Bertz CT molecular complexity index is 1350. The highest BCUT2D eigenvalue weighted by molar-refractivity contribution is 6.72. The second-order valence-electron chi connectivity index (χ2n) is 12.3. The summed E-state index contributed by atoms with van der Waals surface area (Å²) in [6.07, 6.45) is 1.12. The third-order valence-corrected chi connectivity index (χ3v) is 11.8. The summed E-state index contributed by atoms with van der Waals surface area (Å²) in [6.45, 7) is 5.72. The molecule has 5 atom stereocenters. The van der Waals surface area contributed by atoms with Crippen LogP contribution in [0.4, 0.5) is 9.80 Å². The molecule has 0 aromatic heterocycles. The Morgan fingerprint density at radius 2 is 1.81 bits per heavy atom. The molecule has 1 spiro atoms. The molecule has 2 amide bonds. The van der Waals surface area contributed by atoms with Crippen LogP contribution in [0.1, 0.15) is 49.3 Å². The summed E-state index contributed by atoms with van der Waals surface area (Å²) in [5, 5.41) is 10.1. The fraction of sp³-hybridized carbons (Fsp3) is 0.531. The Balaban J connectivity index is 1.42. The van der Waals surface area contributed by atoms with Gasteiger partial charge in [-0.2, -0.15) is 0 Å². The Hall–Kier alpha value is -3.08. The van der Waals surface area contributed by atoms with Crippen molar-refractivity contribution in [1.82, 2.24) is 4.90 Å². The minimum atomic E-state index is -3.43. The topological polar surface area (TPSA) is 96.4 Å². The molecule has 0 radical (unpaired) electrons. The van der Waals surface area contributed by atoms with Gasteiger partial charge in [0.1, 0.15) is 0 Å². The van der Waals surface area contributed by atoms with Gasteiger partial charge in [0.05, 0.1) is 38.0 Å². The lowest BCUT2D eigenvalue weighted by molar-refractivity contribution is -0.151. The van der Waals surface area contributed by atoms with E-state index in [2.05, 4.69) is 0 Å². The number of fused-ring (bicyclic) bond motifs is 3. The van der Waals surface area contributed by atoms with E-state index in [-0.39, 0.29) is 43.3 Å². The van der Waals surface area contributed by atoms with Crippen molar-refractivity contribution in [3.63, 3.8) is 0 Å². The largest absolute Gasteiger partial charge is 0.469 e. The van der Waals surface area contributed by atoms with E-state index >= 15 is 4.11 Å². The predicted molar refractivity (Wildman–Crippen MR) is 159 cm³/mol. The van der Waals surface area contributed by atoms with Crippen molar-refractivity contribution in [2.24, 2.45) is 5.92 Å². The number of hydrogen-bond acceptors (Lipinski definition) is 6. The zero-order valence-corrected chi connectivity index (χ0v) is 25.8. The number of unbranched alkanes of at least 4 members (excludes halogenated alkanes) is 1. The van der Waals surface area contributed by atoms with Gasteiger partial charge in [0.25, 0.3) is 5.91 Å². The minimum Gasteiger partial charge on any atom is -0.469 e. The fourth-order valence-corrected chi connectivity index (χ4v) is 9.89. The number of para-hydroxylation sites is 1. The second kappa shape index (κ2) is 11.9. The average Bonchev–Trinajstić information content (AvgIpc) is 3.40. The van der Waals surface area contributed by atoms with Crippen LogP contribution in [0.25, 0.3) is 0 Å². The summed E-state index contributed by atoms with van der Waals surface area (Å²) in [5.74, 6) is -1.24. The van der Waals surface area contributed by atoms with E-state index in [1.165, 1.54) is 7.11 Å². The number of nitrogens with zero attached hydrogens (tertiary/aromatic N) is 2. The molecule has 2 aromatic carbocycles. The van der Waals surface area contributed by atoms with E-state index in [0.717, 1.165) is 16.8 Å². The van der Waals surface area contributed by atoms with Crippen LogP contribution in [0, 0.1) is 5.92 Å². The van der Waals surface area contributed by atoms with Crippen molar-refractivity contribution in [2.45, 2.75) is 82.0 Å². The van der Waals surface area contributed by atoms with E-state index in [4.69, 9.17) is 9.47 Å². The Morgan fingerprint density at radius 3 is 2.50 bits per heavy atom. The molecule has 0 aliphatic carbocycles. The molecule has 1 N–H and O–H groups in total. The van der Waals surface area contributed by atoms with Crippen LogP contribution in [0.2, 0.25) is 18.6 Å². The van der Waals surface area contributed by atoms with Crippen LogP contribution in [-0.4, -0.2) is 68.6 Å². The minimum absolute atomic E-state index is 0.0651. The molecular weight excluding hydrogens is 555 g/mol. The van der Waals surface area contributed by atoms with Crippen molar-refractivity contribution >= 4 is 31.9 Å². The highest BCUT2D eigenvalue weighted by atomic mass is 28.4. The maximum atomic E-state index is 16.1. The number of anilines is 1. The number of benzene rings is 2. The maximum Gasteiger partial charge on any atom is 0.305 e. The first-order valence-electron chi connectivity index (χ1n) is 14.8. The number of carbonyl (C=O) groups is 3. The first-order chi connectivity index (χ1) is 20.0. The van der Waals surface area contributed by atoms with Gasteiger partial charge in [-0.15, -0.1) is 0 Å². The molecular formula is C32H41FN2O6Si. The quantitative estimate of drug-likeness (QED) is 0.198. The standard InChI is InChI=1S/C32H41FN2O6Si/c1-21-30(42(3,4)33)27(18-28(37)35-19-23-12-6-5-11-22(23)17-24(35)20-36)41-32(21)25-13-7-8-14-26(25)34(31(32)39)16-10-9-15-29(38)40-2/h5-8,11-14,21,24,27,30,36H,9-10,15-20H2,1-4H3/t21-,24-,27+,30-,32+/m0/s1. The van der Waals surface area contributed by atoms with Gasteiger partial charge in [-0.3, -0.25) is 14.4 Å². The Labute approximate surface area is 248 Å². The summed E-state index contributed by atoms with van der Waals surface area (Å²) in [6, 6.07) is 15.0. The lowest BCUT2D eigenvalue weighted by Crippen LogP contribution is -2.48. The van der Waals surface area contributed by atoms with Gasteiger partial charge in [-0.25, -0.2) is 0 Å². The van der Waals surface area contributed by atoms with Gasteiger partial charge in [0.2, 0.25) is 14.3 Å². The van der Waals surface area contributed by atoms with E-state index in [9.17, 15) is 19.5 Å². The number of rotatable bonds is 9. The lowest BCUT2D eigenvalue weighted by Gasteiger charge is -2.37. The summed E-state index contributed by atoms with van der Waals surface area (Å²) >= 11 is 0. The molecule has 8 nitrogen and oxygen atoms in total. The van der Waals surface area contributed by atoms with Crippen LogP contribution in [0.3, 0.4) is 0 Å². The number of hydrogen-bond donors (Lipinski definition) is 1. The van der Waals surface area contributed by atoms with E-state index in [0.29, 0.717) is 37.9 Å². The van der Waals surface area contributed by atoms with Gasteiger partial charge in [-0.05, 0) is 49.5 Å². The van der Waals surface area contributed by atoms with Crippen LogP contribution in [0.15, 0.2) is 48.5 Å². The molecule has 0 bridgehead atoms. The molecule has 3 heterocycles. The molecule has 0 saturated carbocycles.